The van der Waals surface area contributed by atoms with Gasteiger partial charge in [-0.1, -0.05) is 11.6 Å². The van der Waals surface area contributed by atoms with Crippen LogP contribution in [-0.4, -0.2) is 5.11 Å². The predicted octanol–water partition coefficient (Wildman–Crippen LogP) is 2.47. The number of nitrogens with two attached hydrogens (primary N) is 1. The van der Waals surface area contributed by atoms with Crippen molar-refractivity contribution in [3.05, 3.63) is 23.2 Å². The molecule has 0 radical (unpaired) electrons. The minimum Gasteiger partial charge on any atom is -0.506 e. The molecule has 11 heavy (non-hydrogen) atoms. The van der Waals surface area contributed by atoms with Crippen molar-refractivity contribution in [3.63, 3.8) is 0 Å². The first-order valence-electron chi connectivity index (χ1n) is 2.44. The number of benzene rings is 1. The Kier molecular flexibility index (Phi) is 6.47. The first-order valence-corrected chi connectivity index (χ1v) is 2.82. The molecular formula is C6H8Cl3NO. The van der Waals surface area contributed by atoms with Crippen LogP contribution in [0.1, 0.15) is 0 Å². The number of aromatic hydroxyl groups is 1. The molecule has 1 aromatic carbocycles. The molecule has 0 aliphatic carbocycles. The molecule has 0 heterocycles. The largest absolute Gasteiger partial charge is 0.506 e. The van der Waals surface area contributed by atoms with Crippen molar-refractivity contribution in [2.45, 2.75) is 0 Å². The van der Waals surface area contributed by atoms with Gasteiger partial charge in [0.2, 0.25) is 0 Å². The molecule has 0 aliphatic heterocycles. The maximum absolute atomic E-state index is 8.86. The number of anilines is 1. The summed E-state index contributed by atoms with van der Waals surface area (Å²) < 4.78 is 0. The van der Waals surface area contributed by atoms with Crippen LogP contribution in [0, 0.1) is 0 Å². The van der Waals surface area contributed by atoms with E-state index in [1.165, 1.54) is 12.1 Å². The van der Waals surface area contributed by atoms with Gasteiger partial charge in [0.25, 0.3) is 0 Å². The van der Waals surface area contributed by atoms with Crippen LogP contribution in [0.15, 0.2) is 18.2 Å². The highest BCUT2D eigenvalue weighted by Crippen LogP contribution is 2.24. The molecule has 0 spiro atoms. The first kappa shape index (κ1) is 13.3. The lowest BCUT2D eigenvalue weighted by atomic mass is 10.3. The Labute approximate surface area is 82.2 Å². The summed E-state index contributed by atoms with van der Waals surface area (Å²) in [5.41, 5.74) is 5.89. The summed E-state index contributed by atoms with van der Waals surface area (Å²) in [7, 11) is 0. The normalized spacial score (nSPS) is 7.73. The lowest BCUT2D eigenvalue weighted by Gasteiger charge is -1.95. The molecule has 0 unspecified atom stereocenters. The van der Waals surface area contributed by atoms with Crippen LogP contribution in [-0.2, 0) is 0 Å². The van der Waals surface area contributed by atoms with Gasteiger partial charge in [-0.3, -0.25) is 0 Å². The summed E-state index contributed by atoms with van der Waals surface area (Å²) in [4.78, 5) is 0. The average Bonchev–Trinajstić information content (AvgIpc) is 1.80. The standard InChI is InChI=1S/C6H6ClNO.2ClH/c7-5-3-4(8)1-2-6(5)9;;/h1-3,9H,8H2;2*1H. The number of hydrogen-bond donors (Lipinski definition) is 2. The fraction of sp³-hybridized carbons (Fsp3) is 0. The Morgan fingerprint density at radius 2 is 1.82 bits per heavy atom. The summed E-state index contributed by atoms with van der Waals surface area (Å²) in [5.74, 6) is 0.0610. The van der Waals surface area contributed by atoms with Gasteiger partial charge in [0.05, 0.1) is 5.02 Å². The SMILES string of the molecule is Cl.Cl.Nc1ccc(O)c(Cl)c1. The quantitative estimate of drug-likeness (QED) is 0.517. The van der Waals surface area contributed by atoms with Crippen molar-refractivity contribution >= 4 is 42.1 Å². The number of rotatable bonds is 0. The minimum atomic E-state index is 0. The van der Waals surface area contributed by atoms with Crippen LogP contribution >= 0.6 is 36.4 Å². The zero-order valence-corrected chi connectivity index (χ0v) is 7.84. The highest BCUT2D eigenvalue weighted by atomic mass is 35.5. The Balaban J connectivity index is 0. The van der Waals surface area contributed by atoms with E-state index in [9.17, 15) is 0 Å². The summed E-state index contributed by atoms with van der Waals surface area (Å²) in [5, 5.41) is 9.14. The molecule has 0 bridgehead atoms. The van der Waals surface area contributed by atoms with E-state index in [4.69, 9.17) is 22.4 Å². The van der Waals surface area contributed by atoms with Crippen LogP contribution in [0.25, 0.3) is 0 Å². The second kappa shape index (κ2) is 5.35. The van der Waals surface area contributed by atoms with Gasteiger partial charge in [0, 0.05) is 5.69 Å². The monoisotopic (exact) mass is 215 g/mol. The van der Waals surface area contributed by atoms with Crippen LogP contribution in [0.5, 0.6) is 5.75 Å². The van der Waals surface area contributed by atoms with Gasteiger partial charge in [0.1, 0.15) is 5.75 Å². The summed E-state index contributed by atoms with van der Waals surface area (Å²) >= 11 is 5.48. The zero-order chi connectivity index (χ0) is 6.85. The molecule has 0 aromatic heterocycles. The number of halogens is 3. The zero-order valence-electron chi connectivity index (χ0n) is 5.45. The van der Waals surface area contributed by atoms with E-state index >= 15 is 0 Å². The number of nitrogen functional groups attached to an aromatic ring is 1. The summed E-state index contributed by atoms with van der Waals surface area (Å²) in [6.07, 6.45) is 0. The molecule has 1 aromatic rings. The molecular weight excluding hydrogens is 208 g/mol. The molecule has 0 amide bonds. The topological polar surface area (TPSA) is 46.2 Å². The van der Waals surface area contributed by atoms with Gasteiger partial charge < -0.3 is 10.8 Å². The molecule has 64 valence electrons. The van der Waals surface area contributed by atoms with Crippen molar-refractivity contribution in [1.29, 1.82) is 0 Å². The van der Waals surface area contributed by atoms with E-state index in [2.05, 4.69) is 0 Å². The van der Waals surface area contributed by atoms with Crippen molar-refractivity contribution in [2.24, 2.45) is 0 Å². The molecule has 0 saturated heterocycles. The molecule has 1 rings (SSSR count). The minimum absolute atomic E-state index is 0. The van der Waals surface area contributed by atoms with Gasteiger partial charge in [0.15, 0.2) is 0 Å². The van der Waals surface area contributed by atoms with E-state index in [1.54, 1.807) is 6.07 Å². The van der Waals surface area contributed by atoms with Crippen LogP contribution in [0.4, 0.5) is 5.69 Å². The smallest absolute Gasteiger partial charge is 0.134 e. The molecule has 5 heteroatoms. The highest BCUT2D eigenvalue weighted by Gasteiger charge is 1.94. The van der Waals surface area contributed by atoms with Crippen LogP contribution in [0.3, 0.4) is 0 Å². The maximum Gasteiger partial charge on any atom is 0.134 e. The van der Waals surface area contributed by atoms with Gasteiger partial charge in [-0.05, 0) is 18.2 Å². The third-order valence-electron chi connectivity index (χ3n) is 0.972. The van der Waals surface area contributed by atoms with Gasteiger partial charge >= 0.3 is 0 Å². The van der Waals surface area contributed by atoms with Crippen molar-refractivity contribution in [2.75, 3.05) is 5.73 Å². The highest BCUT2D eigenvalue weighted by molar-refractivity contribution is 6.32. The van der Waals surface area contributed by atoms with Crippen molar-refractivity contribution in [3.8, 4) is 5.75 Å². The Morgan fingerprint density at radius 1 is 1.27 bits per heavy atom. The van der Waals surface area contributed by atoms with Gasteiger partial charge in [-0.15, -0.1) is 24.8 Å². The lowest BCUT2D eigenvalue weighted by molar-refractivity contribution is 0.475. The van der Waals surface area contributed by atoms with E-state index in [0.717, 1.165) is 0 Å². The van der Waals surface area contributed by atoms with E-state index in [0.29, 0.717) is 5.69 Å². The molecule has 3 N–H and O–H groups in total. The third-order valence-corrected chi connectivity index (χ3v) is 1.27. The first-order chi connectivity index (χ1) is 4.20. The Hall–Kier alpha value is -0.310. The Bertz CT molecular complexity index is 229. The van der Waals surface area contributed by atoms with E-state index in [1.807, 2.05) is 0 Å². The molecule has 0 fully saturated rings. The number of phenols is 1. The lowest BCUT2D eigenvalue weighted by Crippen LogP contribution is -1.81. The number of hydrogen-bond acceptors (Lipinski definition) is 2. The number of phenolic OH excluding ortho intramolecular Hbond substituents is 1. The second-order valence-corrected chi connectivity index (χ2v) is 2.12. The Morgan fingerprint density at radius 3 is 2.18 bits per heavy atom. The maximum atomic E-state index is 8.86. The second-order valence-electron chi connectivity index (χ2n) is 1.71. The van der Waals surface area contributed by atoms with E-state index < -0.39 is 0 Å². The average molecular weight is 216 g/mol. The van der Waals surface area contributed by atoms with Gasteiger partial charge in [-0.25, -0.2) is 0 Å². The summed E-state index contributed by atoms with van der Waals surface area (Å²) in [6, 6.07) is 4.54. The van der Waals surface area contributed by atoms with Crippen molar-refractivity contribution in [1.82, 2.24) is 0 Å². The van der Waals surface area contributed by atoms with E-state index in [-0.39, 0.29) is 35.6 Å². The third kappa shape index (κ3) is 3.56. The molecule has 0 aliphatic rings. The molecule has 2 nitrogen and oxygen atoms in total. The van der Waals surface area contributed by atoms with Crippen LogP contribution in [0.2, 0.25) is 5.02 Å². The van der Waals surface area contributed by atoms with Crippen LogP contribution < -0.4 is 5.73 Å². The molecule has 0 atom stereocenters. The predicted molar refractivity (Wildman–Crippen MR) is 52.0 cm³/mol. The van der Waals surface area contributed by atoms with Crippen molar-refractivity contribution < 1.29 is 5.11 Å². The fourth-order valence-electron chi connectivity index (χ4n) is 0.523. The fourth-order valence-corrected chi connectivity index (χ4v) is 0.712. The summed E-state index contributed by atoms with van der Waals surface area (Å²) in [6.45, 7) is 0. The van der Waals surface area contributed by atoms with Gasteiger partial charge in [-0.2, -0.15) is 0 Å². The molecule has 0 saturated carbocycles.